The Kier molecular flexibility index (Phi) is 6.07. The Morgan fingerprint density at radius 3 is 2.39 bits per heavy atom. The third kappa shape index (κ3) is 4.74. The van der Waals surface area contributed by atoms with Gasteiger partial charge in [-0.3, -0.25) is 9.69 Å². The molecule has 9 heteroatoms. The van der Waals surface area contributed by atoms with Gasteiger partial charge in [-0.05, 0) is 69.5 Å². The summed E-state index contributed by atoms with van der Waals surface area (Å²) in [5.41, 5.74) is 1.02. The Hall–Kier alpha value is -2.55. The van der Waals surface area contributed by atoms with E-state index < -0.39 is 12.1 Å². The van der Waals surface area contributed by atoms with E-state index in [2.05, 4.69) is 9.88 Å². The van der Waals surface area contributed by atoms with E-state index in [1.54, 1.807) is 12.1 Å². The number of likely N-dealkylation sites (tertiary alicyclic amines) is 1. The molecule has 1 saturated heterocycles. The van der Waals surface area contributed by atoms with Crippen LogP contribution in [0.15, 0.2) is 28.7 Å². The number of ether oxygens (including phenoxy) is 1. The van der Waals surface area contributed by atoms with Crippen molar-refractivity contribution in [2.75, 3.05) is 24.5 Å². The molecule has 3 aliphatic rings. The van der Waals surface area contributed by atoms with Crippen LogP contribution in [0.25, 0.3) is 11.5 Å². The second-order valence-electron chi connectivity index (χ2n) is 9.17. The zero-order valence-electron chi connectivity index (χ0n) is 18.4. The predicted octanol–water partition coefficient (Wildman–Crippen LogP) is 4.97. The Balaban J connectivity index is 1.24. The van der Waals surface area contributed by atoms with Gasteiger partial charge in [0.05, 0.1) is 0 Å². The van der Waals surface area contributed by atoms with Crippen molar-refractivity contribution in [1.82, 2.24) is 9.88 Å². The standard InChI is InChI=1S/C24H28F3N3O3/c25-24(26,27)23(31)30-13-5-2-6-20-22(30)33-21(28-20)16-7-9-18(10-8-16)32-19-14-17(15-19)29-11-3-1-4-12-29/h7-10,17,19H,1-6,11-15H2/t17-,19-. The Labute approximate surface area is 190 Å². The number of benzene rings is 1. The molecule has 0 bridgehead atoms. The molecule has 1 aromatic heterocycles. The van der Waals surface area contributed by atoms with Crippen molar-refractivity contribution in [3.8, 4) is 17.2 Å². The van der Waals surface area contributed by atoms with E-state index in [4.69, 9.17) is 9.15 Å². The van der Waals surface area contributed by atoms with Crippen LogP contribution < -0.4 is 9.64 Å². The summed E-state index contributed by atoms with van der Waals surface area (Å²) in [5.74, 6) is -1.05. The summed E-state index contributed by atoms with van der Waals surface area (Å²) < 4.78 is 50.9. The third-order valence-electron chi connectivity index (χ3n) is 6.84. The summed E-state index contributed by atoms with van der Waals surface area (Å²) in [6, 6.07) is 7.86. The first kappa shape index (κ1) is 22.3. The average Bonchev–Trinajstić information content (AvgIpc) is 3.10. The lowest BCUT2D eigenvalue weighted by Crippen LogP contribution is -2.50. The Morgan fingerprint density at radius 1 is 1.00 bits per heavy atom. The van der Waals surface area contributed by atoms with Crippen LogP contribution in [-0.2, 0) is 11.2 Å². The maximum Gasteiger partial charge on any atom is 0.471 e. The molecule has 0 unspecified atom stereocenters. The molecule has 0 spiro atoms. The molecule has 0 atom stereocenters. The number of hydrogen-bond acceptors (Lipinski definition) is 5. The van der Waals surface area contributed by atoms with Crippen molar-refractivity contribution in [3.05, 3.63) is 30.0 Å². The summed E-state index contributed by atoms with van der Waals surface area (Å²) in [6.45, 7) is 2.35. The molecule has 3 heterocycles. The lowest BCUT2D eigenvalue weighted by Gasteiger charge is -2.44. The minimum absolute atomic E-state index is 0.0352. The van der Waals surface area contributed by atoms with E-state index in [1.165, 1.54) is 32.4 Å². The Morgan fingerprint density at radius 2 is 1.70 bits per heavy atom. The topological polar surface area (TPSA) is 58.8 Å². The number of aryl methyl sites for hydroxylation is 1. The number of hydrogen-bond donors (Lipinski definition) is 0. The normalized spacial score (nSPS) is 24.0. The number of piperidine rings is 1. The van der Waals surface area contributed by atoms with Gasteiger partial charge in [-0.15, -0.1) is 0 Å². The molecule has 33 heavy (non-hydrogen) atoms. The summed E-state index contributed by atoms with van der Waals surface area (Å²) in [5, 5.41) is 0. The van der Waals surface area contributed by atoms with Crippen molar-refractivity contribution < 1.29 is 27.1 Å². The van der Waals surface area contributed by atoms with Crippen LogP contribution in [-0.4, -0.2) is 53.7 Å². The fourth-order valence-corrected chi connectivity index (χ4v) is 4.94. The van der Waals surface area contributed by atoms with Crippen molar-refractivity contribution in [3.63, 3.8) is 0 Å². The van der Waals surface area contributed by atoms with Gasteiger partial charge in [0.25, 0.3) is 0 Å². The summed E-state index contributed by atoms with van der Waals surface area (Å²) in [4.78, 5) is 19.5. The molecular formula is C24H28F3N3O3. The van der Waals surface area contributed by atoms with Crippen LogP contribution >= 0.6 is 0 Å². The number of nitrogens with zero attached hydrogens (tertiary/aromatic N) is 3. The number of halogens is 3. The SMILES string of the molecule is O=C(N1CCCCc2nc(-c3ccc(O[C@H]4C[C@H](N5CCCCC5)C4)cc3)oc21)C(F)(F)F. The third-order valence-corrected chi connectivity index (χ3v) is 6.84. The van der Waals surface area contributed by atoms with Crippen LogP contribution in [0.4, 0.5) is 19.1 Å². The predicted molar refractivity (Wildman–Crippen MR) is 116 cm³/mol. The summed E-state index contributed by atoms with van der Waals surface area (Å²) in [6.07, 6.45) is 2.83. The van der Waals surface area contributed by atoms with Crippen LogP contribution in [0.5, 0.6) is 5.75 Å². The maximum atomic E-state index is 13.0. The highest BCUT2D eigenvalue weighted by Crippen LogP contribution is 2.36. The Bertz CT molecular complexity index is 977. The monoisotopic (exact) mass is 463 g/mol. The van der Waals surface area contributed by atoms with Crippen molar-refractivity contribution in [1.29, 1.82) is 0 Å². The molecule has 1 saturated carbocycles. The molecule has 2 aliphatic heterocycles. The molecule has 1 aromatic carbocycles. The fraction of sp³-hybridized carbons (Fsp3) is 0.583. The second kappa shape index (κ2) is 9.00. The maximum absolute atomic E-state index is 13.0. The van der Waals surface area contributed by atoms with E-state index in [1.807, 2.05) is 12.1 Å². The molecule has 2 aromatic rings. The first-order chi connectivity index (χ1) is 15.9. The molecule has 1 amide bonds. The first-order valence-corrected chi connectivity index (χ1v) is 11.8. The highest BCUT2D eigenvalue weighted by molar-refractivity contribution is 5.96. The van der Waals surface area contributed by atoms with Crippen LogP contribution in [0.3, 0.4) is 0 Å². The molecule has 1 aliphatic carbocycles. The van der Waals surface area contributed by atoms with E-state index >= 15 is 0 Å². The molecule has 0 radical (unpaired) electrons. The molecule has 0 N–H and O–H groups in total. The highest BCUT2D eigenvalue weighted by Gasteiger charge is 2.45. The zero-order chi connectivity index (χ0) is 23.0. The number of rotatable bonds is 4. The van der Waals surface area contributed by atoms with Gasteiger partial charge < -0.3 is 14.1 Å². The number of anilines is 1. The second-order valence-corrected chi connectivity index (χ2v) is 9.17. The fourth-order valence-electron chi connectivity index (χ4n) is 4.94. The van der Waals surface area contributed by atoms with E-state index in [-0.39, 0.29) is 24.4 Å². The van der Waals surface area contributed by atoms with Gasteiger partial charge in [0.2, 0.25) is 11.8 Å². The number of carbonyl (C=O) groups is 1. The molecular weight excluding hydrogens is 435 g/mol. The first-order valence-electron chi connectivity index (χ1n) is 11.8. The largest absolute Gasteiger partial charge is 0.490 e. The van der Waals surface area contributed by atoms with Gasteiger partial charge in [-0.25, -0.2) is 4.98 Å². The van der Waals surface area contributed by atoms with Crippen molar-refractivity contribution in [2.24, 2.45) is 0 Å². The zero-order valence-corrected chi connectivity index (χ0v) is 18.4. The lowest BCUT2D eigenvalue weighted by molar-refractivity contribution is -0.170. The minimum Gasteiger partial charge on any atom is -0.490 e. The average molecular weight is 464 g/mol. The molecule has 2 fully saturated rings. The summed E-state index contributed by atoms with van der Waals surface area (Å²) >= 11 is 0. The number of aromatic nitrogens is 1. The molecule has 5 rings (SSSR count). The van der Waals surface area contributed by atoms with Gasteiger partial charge in [0, 0.05) is 31.0 Å². The van der Waals surface area contributed by atoms with Gasteiger partial charge in [0.15, 0.2) is 0 Å². The van der Waals surface area contributed by atoms with Crippen LogP contribution in [0.1, 0.15) is 50.6 Å². The van der Waals surface area contributed by atoms with E-state index in [0.29, 0.717) is 41.5 Å². The number of oxazole rings is 1. The minimum atomic E-state index is -4.96. The number of alkyl halides is 3. The molecule has 178 valence electrons. The van der Waals surface area contributed by atoms with Crippen LogP contribution in [0.2, 0.25) is 0 Å². The van der Waals surface area contributed by atoms with Gasteiger partial charge >= 0.3 is 12.1 Å². The highest BCUT2D eigenvalue weighted by atomic mass is 19.4. The van der Waals surface area contributed by atoms with E-state index in [0.717, 1.165) is 18.6 Å². The molecule has 6 nitrogen and oxygen atoms in total. The number of fused-ring (bicyclic) bond motifs is 1. The quantitative estimate of drug-likeness (QED) is 0.641. The van der Waals surface area contributed by atoms with Gasteiger partial charge in [0.1, 0.15) is 17.5 Å². The number of amides is 1. The smallest absolute Gasteiger partial charge is 0.471 e. The van der Waals surface area contributed by atoms with Crippen molar-refractivity contribution >= 4 is 11.8 Å². The lowest BCUT2D eigenvalue weighted by atomic mass is 9.86. The number of carbonyl (C=O) groups excluding carboxylic acids is 1. The van der Waals surface area contributed by atoms with Crippen LogP contribution in [0, 0.1) is 0 Å². The summed E-state index contributed by atoms with van der Waals surface area (Å²) in [7, 11) is 0. The van der Waals surface area contributed by atoms with Gasteiger partial charge in [-0.2, -0.15) is 13.2 Å². The van der Waals surface area contributed by atoms with Gasteiger partial charge in [-0.1, -0.05) is 6.42 Å². The van der Waals surface area contributed by atoms with E-state index in [9.17, 15) is 18.0 Å². The van der Waals surface area contributed by atoms with Crippen molar-refractivity contribution in [2.45, 2.75) is 69.7 Å².